The van der Waals surface area contributed by atoms with Crippen molar-refractivity contribution in [2.75, 3.05) is 12.4 Å². The van der Waals surface area contributed by atoms with Gasteiger partial charge in [-0.1, -0.05) is 18.2 Å². The summed E-state index contributed by atoms with van der Waals surface area (Å²) in [5.41, 5.74) is -1.56. The van der Waals surface area contributed by atoms with Crippen molar-refractivity contribution in [3.63, 3.8) is 0 Å². The molecule has 3 heterocycles. The zero-order valence-corrected chi connectivity index (χ0v) is 18.6. The summed E-state index contributed by atoms with van der Waals surface area (Å²) in [5.74, 6) is -6.51. The monoisotopic (exact) mass is 491 g/mol. The first-order valence-electron chi connectivity index (χ1n) is 10.2. The molecule has 1 saturated heterocycles. The van der Waals surface area contributed by atoms with Gasteiger partial charge in [-0.3, -0.25) is 29.3 Å². The Hall–Kier alpha value is -4.20. The molecule has 2 N–H and O–H groups in total. The smallest absolute Gasteiger partial charge is 0.338 e. The molecular formula is C21H19F2N5O7. The second-order valence-electron chi connectivity index (χ2n) is 7.61. The number of hydrogen-bond acceptors (Lipinski definition) is 9. The van der Waals surface area contributed by atoms with Crippen LogP contribution in [0.15, 0.2) is 35.4 Å². The van der Waals surface area contributed by atoms with Gasteiger partial charge in [-0.15, -0.1) is 0 Å². The quantitative estimate of drug-likeness (QED) is 0.508. The van der Waals surface area contributed by atoms with Crippen molar-refractivity contribution < 1.29 is 37.4 Å². The third kappa shape index (κ3) is 4.23. The molecule has 12 nitrogen and oxygen atoms in total. The molecule has 1 amide bonds. The summed E-state index contributed by atoms with van der Waals surface area (Å²) in [5, 5.41) is 2.29. The summed E-state index contributed by atoms with van der Waals surface area (Å²) in [6, 6.07) is 5.46. The second kappa shape index (κ2) is 8.87. The van der Waals surface area contributed by atoms with Crippen molar-refractivity contribution >= 4 is 35.0 Å². The van der Waals surface area contributed by atoms with Crippen LogP contribution in [0.5, 0.6) is 0 Å². The number of nitrogens with one attached hydrogen (secondary N) is 2. The number of esters is 2. The summed E-state index contributed by atoms with van der Waals surface area (Å²) >= 11 is 0. The summed E-state index contributed by atoms with van der Waals surface area (Å²) in [6.45, 7) is 2.13. The first kappa shape index (κ1) is 23.9. The number of aromatic amines is 1. The highest BCUT2D eigenvalue weighted by Gasteiger charge is 2.63. The Bertz CT molecular complexity index is 1390. The lowest BCUT2D eigenvalue weighted by Gasteiger charge is -2.24. The molecule has 1 aliphatic heterocycles. The fraction of sp³-hybridized carbons (Fsp3) is 0.333. The molecule has 0 saturated carbocycles. The van der Waals surface area contributed by atoms with Gasteiger partial charge in [0, 0.05) is 19.4 Å². The molecule has 1 aromatic carbocycles. The lowest BCUT2D eigenvalue weighted by Crippen LogP contribution is -2.39. The van der Waals surface area contributed by atoms with Crippen molar-refractivity contribution in [1.82, 2.24) is 19.5 Å². The third-order valence-corrected chi connectivity index (χ3v) is 5.21. The van der Waals surface area contributed by atoms with Crippen molar-refractivity contribution in [1.29, 1.82) is 0 Å². The van der Waals surface area contributed by atoms with Gasteiger partial charge in [-0.2, -0.15) is 13.8 Å². The number of ether oxygens (including phenoxy) is 3. The second-order valence-corrected chi connectivity index (χ2v) is 7.61. The van der Waals surface area contributed by atoms with E-state index in [1.807, 2.05) is 0 Å². The maximum atomic E-state index is 15.7. The third-order valence-electron chi connectivity index (χ3n) is 5.21. The van der Waals surface area contributed by atoms with Crippen molar-refractivity contribution in [3.8, 4) is 0 Å². The van der Waals surface area contributed by atoms with Gasteiger partial charge in [-0.25, -0.2) is 9.78 Å². The molecule has 0 bridgehead atoms. The van der Waals surface area contributed by atoms with Crippen LogP contribution in [-0.2, 0) is 23.8 Å². The van der Waals surface area contributed by atoms with Gasteiger partial charge in [0.2, 0.25) is 18.0 Å². The molecule has 14 heteroatoms. The summed E-state index contributed by atoms with van der Waals surface area (Å²) < 4.78 is 47.7. The maximum Gasteiger partial charge on any atom is 0.338 e. The largest absolute Gasteiger partial charge is 0.465 e. The van der Waals surface area contributed by atoms with E-state index in [1.54, 1.807) is 0 Å². The molecule has 0 spiro atoms. The molecule has 35 heavy (non-hydrogen) atoms. The predicted molar refractivity (Wildman–Crippen MR) is 114 cm³/mol. The molecule has 3 aromatic rings. The van der Waals surface area contributed by atoms with E-state index in [-0.39, 0.29) is 28.2 Å². The van der Waals surface area contributed by atoms with Crippen LogP contribution in [0.1, 0.15) is 42.1 Å². The summed E-state index contributed by atoms with van der Waals surface area (Å²) in [7, 11) is 1.10. The lowest BCUT2D eigenvalue weighted by atomic mass is 9.96. The molecule has 0 unspecified atom stereocenters. The number of hydrogen-bond donors (Lipinski definition) is 2. The minimum atomic E-state index is -3.83. The van der Waals surface area contributed by atoms with E-state index in [2.05, 4.69) is 25.0 Å². The average molecular weight is 491 g/mol. The molecule has 0 radical (unpaired) electrons. The van der Waals surface area contributed by atoms with E-state index < -0.39 is 47.8 Å². The van der Waals surface area contributed by atoms with Crippen LogP contribution < -0.4 is 10.9 Å². The minimum absolute atomic E-state index is 0.167. The molecule has 2 aromatic heterocycles. The number of carbonyl (C=O) groups is 3. The number of rotatable bonds is 5. The van der Waals surface area contributed by atoms with Gasteiger partial charge < -0.3 is 14.2 Å². The molecule has 3 atom stereocenters. The topological polar surface area (TPSA) is 154 Å². The van der Waals surface area contributed by atoms with Gasteiger partial charge >= 0.3 is 17.9 Å². The highest BCUT2D eigenvalue weighted by Crippen LogP contribution is 2.52. The number of alkyl halides is 2. The van der Waals surface area contributed by atoms with E-state index in [4.69, 9.17) is 9.47 Å². The number of halogens is 2. The molecule has 184 valence electrons. The minimum Gasteiger partial charge on any atom is -0.465 e. The molecule has 1 aliphatic rings. The van der Waals surface area contributed by atoms with Crippen LogP contribution in [0.4, 0.5) is 14.7 Å². The van der Waals surface area contributed by atoms with Crippen LogP contribution in [0.3, 0.4) is 0 Å². The highest BCUT2D eigenvalue weighted by molar-refractivity contribution is 5.91. The van der Waals surface area contributed by atoms with Crippen molar-refractivity contribution in [3.05, 3.63) is 52.1 Å². The Kier molecular flexibility index (Phi) is 6.06. The zero-order valence-electron chi connectivity index (χ0n) is 18.6. The van der Waals surface area contributed by atoms with E-state index in [1.165, 1.54) is 31.2 Å². The number of aromatic nitrogens is 4. The number of carbonyl (C=O) groups excluding carboxylic acids is 3. The van der Waals surface area contributed by atoms with E-state index >= 15 is 8.78 Å². The number of fused-ring (bicyclic) bond motifs is 1. The number of benzene rings is 1. The normalized spacial score (nSPS) is 21.0. The zero-order chi connectivity index (χ0) is 25.5. The molecule has 4 rings (SSSR count). The van der Waals surface area contributed by atoms with Crippen LogP contribution in [0.25, 0.3) is 11.2 Å². The van der Waals surface area contributed by atoms with Crippen molar-refractivity contribution in [2.24, 2.45) is 0 Å². The Morgan fingerprint density at radius 1 is 1.23 bits per heavy atom. The number of nitrogens with zero attached hydrogens (tertiary/aromatic N) is 3. The molecule has 0 aliphatic carbocycles. The number of amides is 1. The number of methoxy groups -OCH3 is 1. The Morgan fingerprint density at radius 3 is 2.60 bits per heavy atom. The Labute approximate surface area is 195 Å². The van der Waals surface area contributed by atoms with E-state index in [0.29, 0.717) is 0 Å². The standard InChI is InChI=1S/C21H19F2N5O7/c1-9(29)25-20-26-16-13(17(31)27-20)24-8-28(16)18-15(34-10(2)30)21(22,23)14(35-18)11-6-4-5-7-12(11)19(32)33-3/h4-8,14-15,18H,1-3H3,(H2,25,26,27,29,31)/t14-,15+,18-/m1/s1. The lowest BCUT2D eigenvalue weighted by molar-refractivity contribution is -0.170. The Morgan fingerprint density at radius 2 is 1.94 bits per heavy atom. The first-order chi connectivity index (χ1) is 16.5. The Balaban J connectivity index is 1.87. The van der Waals surface area contributed by atoms with Crippen LogP contribution in [0.2, 0.25) is 0 Å². The van der Waals surface area contributed by atoms with Gasteiger partial charge in [0.25, 0.3) is 5.56 Å². The first-order valence-corrected chi connectivity index (χ1v) is 10.2. The van der Waals surface area contributed by atoms with Crippen LogP contribution >= 0.6 is 0 Å². The van der Waals surface area contributed by atoms with Gasteiger partial charge in [-0.05, 0) is 6.07 Å². The van der Waals surface area contributed by atoms with E-state index in [0.717, 1.165) is 24.9 Å². The highest BCUT2D eigenvalue weighted by atomic mass is 19.3. The summed E-state index contributed by atoms with van der Waals surface area (Å²) in [4.78, 5) is 58.0. The van der Waals surface area contributed by atoms with E-state index in [9.17, 15) is 19.2 Å². The fourth-order valence-electron chi connectivity index (χ4n) is 3.81. The van der Waals surface area contributed by atoms with Crippen LogP contribution in [-0.4, -0.2) is 56.5 Å². The number of anilines is 1. The number of imidazole rings is 1. The number of H-pyrrole nitrogens is 1. The SMILES string of the molecule is COC(=O)c1ccccc1[C@H]1O[C@@H](n2cnc3c(=O)[nH]c(NC(C)=O)nc32)[C@H](OC(C)=O)C1(F)F. The molecular weight excluding hydrogens is 472 g/mol. The van der Waals surface area contributed by atoms with Gasteiger partial charge in [0.1, 0.15) is 0 Å². The van der Waals surface area contributed by atoms with Gasteiger partial charge in [0.05, 0.1) is 19.0 Å². The average Bonchev–Trinajstić information content (AvgIpc) is 3.31. The molecule has 1 fully saturated rings. The van der Waals surface area contributed by atoms with Crippen LogP contribution in [0, 0.1) is 0 Å². The van der Waals surface area contributed by atoms with Crippen molar-refractivity contribution in [2.45, 2.75) is 38.2 Å². The summed E-state index contributed by atoms with van der Waals surface area (Å²) in [6.07, 6.45) is -4.90. The fourth-order valence-corrected chi connectivity index (χ4v) is 3.81. The maximum absolute atomic E-state index is 15.7. The predicted octanol–water partition coefficient (Wildman–Crippen LogP) is 1.70. The van der Waals surface area contributed by atoms with Gasteiger partial charge in [0.15, 0.2) is 23.5 Å².